The molecule has 0 radical (unpaired) electrons. The summed E-state index contributed by atoms with van der Waals surface area (Å²) in [6.07, 6.45) is 5.13. The van der Waals surface area contributed by atoms with Gasteiger partial charge in [-0.3, -0.25) is 18.8 Å². The van der Waals surface area contributed by atoms with Gasteiger partial charge in [0, 0.05) is 84.3 Å². The fourth-order valence-electron chi connectivity index (χ4n) is 6.03. The summed E-state index contributed by atoms with van der Waals surface area (Å²) < 4.78 is 7.11. The second-order valence-electron chi connectivity index (χ2n) is 12.0. The first-order valence-electron chi connectivity index (χ1n) is 16.3. The minimum Gasteiger partial charge on any atom is -0.481 e. The zero-order valence-corrected chi connectivity index (χ0v) is 28.9. The fourth-order valence-corrected chi connectivity index (χ4v) is 6.69. The average Bonchev–Trinajstić information content (AvgIpc) is 3.53. The van der Waals surface area contributed by atoms with Crippen molar-refractivity contribution in [2.75, 3.05) is 20.2 Å². The monoisotopic (exact) mass is 714 g/mol. The normalized spacial score (nSPS) is 14.2. The van der Waals surface area contributed by atoms with Gasteiger partial charge in [-0.25, -0.2) is 9.97 Å². The number of nitrogens with one attached hydrogen (secondary N) is 3. The van der Waals surface area contributed by atoms with Crippen molar-refractivity contribution in [3.8, 4) is 39.4 Å². The van der Waals surface area contributed by atoms with Gasteiger partial charge >= 0.3 is 5.97 Å². The first-order valence-corrected chi connectivity index (χ1v) is 17.0. The number of fused-ring (bicyclic) bond motifs is 1. The van der Waals surface area contributed by atoms with Crippen molar-refractivity contribution in [2.45, 2.75) is 44.8 Å². The second-order valence-corrected chi connectivity index (χ2v) is 12.8. The lowest BCUT2D eigenvalue weighted by Gasteiger charge is -2.16. The first kappa shape index (κ1) is 35.0. The highest BCUT2D eigenvalue weighted by Gasteiger charge is 2.21. The van der Waals surface area contributed by atoms with Crippen LogP contribution in [0.15, 0.2) is 77.9 Å². The lowest BCUT2D eigenvalue weighted by molar-refractivity contribution is -0.137. The van der Waals surface area contributed by atoms with E-state index in [-0.39, 0.29) is 30.5 Å². The van der Waals surface area contributed by atoms with Gasteiger partial charge < -0.3 is 25.8 Å². The molecular weight excluding hydrogens is 679 g/mol. The maximum absolute atomic E-state index is 13.1. The van der Waals surface area contributed by atoms with Crippen LogP contribution in [0.3, 0.4) is 0 Å². The molecule has 0 aliphatic carbocycles. The van der Waals surface area contributed by atoms with E-state index >= 15 is 0 Å². The third-order valence-electron chi connectivity index (χ3n) is 8.64. The summed E-state index contributed by atoms with van der Waals surface area (Å²) in [6, 6.07) is 19.1. The highest BCUT2D eigenvalue weighted by atomic mass is 35.5. The number of hydrogen-bond acceptors (Lipinski definition) is 8. The van der Waals surface area contributed by atoms with Crippen LogP contribution >= 0.6 is 23.2 Å². The van der Waals surface area contributed by atoms with Crippen LogP contribution < -0.4 is 26.2 Å². The Morgan fingerprint density at radius 2 is 1.70 bits per heavy atom. The number of hydrogen-bond donors (Lipinski definition) is 4. The first-order chi connectivity index (χ1) is 24.2. The quantitative estimate of drug-likeness (QED) is 0.106. The molecule has 258 valence electrons. The van der Waals surface area contributed by atoms with E-state index in [1.807, 2.05) is 60.7 Å². The number of carbonyl (C=O) groups excluding carboxylic acids is 1. The Balaban J connectivity index is 1.22. The van der Waals surface area contributed by atoms with E-state index in [2.05, 4.69) is 20.9 Å². The zero-order valence-electron chi connectivity index (χ0n) is 27.3. The molecule has 4 heterocycles. The number of aromatic nitrogens is 3. The molecule has 1 aliphatic rings. The van der Waals surface area contributed by atoms with Crippen LogP contribution in [0.4, 0.5) is 0 Å². The van der Waals surface area contributed by atoms with Crippen molar-refractivity contribution < 1.29 is 19.4 Å². The zero-order chi connectivity index (χ0) is 35.2. The minimum atomic E-state index is -0.851. The Bertz CT molecular complexity index is 2120. The second kappa shape index (κ2) is 15.8. The van der Waals surface area contributed by atoms with E-state index < -0.39 is 5.97 Å². The van der Waals surface area contributed by atoms with Crippen molar-refractivity contribution in [3.63, 3.8) is 0 Å². The molecule has 1 saturated heterocycles. The summed E-state index contributed by atoms with van der Waals surface area (Å²) in [5.74, 6) is -0.282. The highest BCUT2D eigenvalue weighted by molar-refractivity contribution is 6.39. The Hall–Kier alpha value is -4.81. The molecule has 5 aromatic rings. The number of benzene rings is 2. The van der Waals surface area contributed by atoms with Crippen LogP contribution in [0.2, 0.25) is 10.0 Å². The molecule has 0 bridgehead atoms. The van der Waals surface area contributed by atoms with Crippen LogP contribution in [-0.2, 0) is 22.7 Å². The number of methoxy groups -OCH3 is 1. The van der Waals surface area contributed by atoms with Crippen LogP contribution in [0, 0.1) is 0 Å². The van der Waals surface area contributed by atoms with Gasteiger partial charge in [0.05, 0.1) is 22.8 Å². The van der Waals surface area contributed by atoms with Gasteiger partial charge in [-0.15, -0.1) is 0 Å². The number of amides is 1. The predicted molar refractivity (Wildman–Crippen MR) is 194 cm³/mol. The van der Waals surface area contributed by atoms with Crippen LogP contribution in [0.5, 0.6) is 5.88 Å². The van der Waals surface area contributed by atoms with Gasteiger partial charge in [0.25, 0.3) is 5.56 Å². The summed E-state index contributed by atoms with van der Waals surface area (Å²) in [5, 5.41) is 19.2. The van der Waals surface area contributed by atoms with E-state index in [0.717, 1.165) is 39.8 Å². The molecule has 0 unspecified atom stereocenters. The minimum absolute atomic E-state index is 0.0654. The lowest BCUT2D eigenvalue weighted by atomic mass is 9.97. The number of carbonyl (C=O) groups is 2. The number of ether oxygens (including phenoxy) is 1. The molecule has 0 spiro atoms. The van der Waals surface area contributed by atoms with E-state index in [1.165, 1.54) is 10.6 Å². The number of carboxylic acid groups (broad SMARTS) is 1. The van der Waals surface area contributed by atoms with Gasteiger partial charge in [0.2, 0.25) is 11.8 Å². The van der Waals surface area contributed by atoms with Crippen LogP contribution in [-0.4, -0.2) is 57.6 Å². The summed E-state index contributed by atoms with van der Waals surface area (Å²) in [6.45, 7) is 1.96. The molecule has 1 aliphatic heterocycles. The Labute approximate surface area is 298 Å². The highest BCUT2D eigenvalue weighted by Crippen LogP contribution is 2.42. The Kier molecular flexibility index (Phi) is 11.1. The molecule has 3 aromatic heterocycles. The van der Waals surface area contributed by atoms with Gasteiger partial charge in [0.15, 0.2) is 0 Å². The maximum atomic E-state index is 13.1. The fraction of sp³-hybridized carbons (Fsp3) is 0.270. The van der Waals surface area contributed by atoms with Gasteiger partial charge in [-0.05, 0) is 43.1 Å². The molecule has 6 rings (SSSR count). The smallest absolute Gasteiger partial charge is 0.303 e. The van der Waals surface area contributed by atoms with Crippen LogP contribution in [0.25, 0.3) is 39.2 Å². The number of halogens is 2. The topological polar surface area (TPSA) is 147 Å². The number of nitrogens with zero attached hydrogens (tertiary/aromatic N) is 3. The van der Waals surface area contributed by atoms with E-state index in [9.17, 15) is 14.4 Å². The van der Waals surface area contributed by atoms with Crippen LogP contribution in [0.1, 0.15) is 36.8 Å². The Morgan fingerprint density at radius 3 is 2.42 bits per heavy atom. The molecule has 4 N–H and O–H groups in total. The SMILES string of the molecule is COc1nc(-c2cccc(-c3cccc(-c4ccn5c(=O)c(CNCCCC(=O)O)cnc5c4)c3Cl)c2Cl)ccc1CNC[C@H]1CCC(=O)N1. The van der Waals surface area contributed by atoms with Crippen molar-refractivity contribution in [2.24, 2.45) is 0 Å². The number of pyridine rings is 2. The van der Waals surface area contributed by atoms with Gasteiger partial charge in [0.1, 0.15) is 5.65 Å². The van der Waals surface area contributed by atoms with Crippen molar-refractivity contribution in [3.05, 3.63) is 105 Å². The summed E-state index contributed by atoms with van der Waals surface area (Å²) >= 11 is 14.1. The molecule has 50 heavy (non-hydrogen) atoms. The number of carboxylic acids is 1. The van der Waals surface area contributed by atoms with Crippen molar-refractivity contribution in [1.82, 2.24) is 30.3 Å². The third kappa shape index (κ3) is 7.81. The molecule has 0 saturated carbocycles. The number of rotatable bonds is 14. The average molecular weight is 716 g/mol. The standard InChI is InChI=1S/C37H36Cl2N6O5/c1-50-36-23(18-41-21-25-11-13-32(46)43-25)10-12-30(44-36)29-8-3-7-28(35(29)39)27-6-2-5-26(34(27)38)22-14-16-45-31(17-22)42-20-24(37(45)49)19-40-15-4-9-33(47)48/h2-3,5-8,10,12,14,16-17,20,25,40-41H,4,9,11,13,15,18-19,21H2,1H3,(H,43,46)(H,47,48)/t25-/m1/s1. The van der Waals surface area contributed by atoms with Gasteiger partial charge in [-0.1, -0.05) is 65.7 Å². The van der Waals surface area contributed by atoms with E-state index in [0.29, 0.717) is 65.3 Å². The molecule has 1 fully saturated rings. The van der Waals surface area contributed by atoms with E-state index in [1.54, 1.807) is 13.3 Å². The largest absolute Gasteiger partial charge is 0.481 e. The molecule has 13 heteroatoms. The van der Waals surface area contributed by atoms with Gasteiger partial charge in [-0.2, -0.15) is 0 Å². The lowest BCUT2D eigenvalue weighted by Crippen LogP contribution is -2.35. The molecule has 1 amide bonds. The maximum Gasteiger partial charge on any atom is 0.303 e. The third-order valence-corrected chi connectivity index (χ3v) is 9.45. The molecular formula is C37H36Cl2N6O5. The Morgan fingerprint density at radius 1 is 0.980 bits per heavy atom. The van der Waals surface area contributed by atoms with Crippen molar-refractivity contribution >= 4 is 40.7 Å². The predicted octanol–water partition coefficient (Wildman–Crippen LogP) is 5.73. The van der Waals surface area contributed by atoms with E-state index in [4.69, 9.17) is 38.0 Å². The summed E-state index contributed by atoms with van der Waals surface area (Å²) in [4.78, 5) is 44.6. The molecule has 2 aromatic carbocycles. The molecule has 11 nitrogen and oxygen atoms in total. The molecule has 1 atom stereocenters. The number of aliphatic carboxylic acids is 1. The summed E-state index contributed by atoms with van der Waals surface area (Å²) in [7, 11) is 1.58. The van der Waals surface area contributed by atoms with Crippen molar-refractivity contribution in [1.29, 1.82) is 0 Å². The summed E-state index contributed by atoms with van der Waals surface area (Å²) in [5.41, 5.74) is 5.99.